The van der Waals surface area contributed by atoms with Crippen molar-refractivity contribution in [1.82, 2.24) is 5.43 Å². The number of hydrogen-bond acceptors (Lipinski definition) is 3. The van der Waals surface area contributed by atoms with E-state index < -0.39 is 17.6 Å². The second-order valence-corrected chi connectivity index (χ2v) is 6.70. The molecule has 2 aromatic carbocycles. The normalized spacial score (nSPS) is 11.4. The van der Waals surface area contributed by atoms with Crippen LogP contribution in [0.1, 0.15) is 30.4 Å². The molecule has 0 spiro atoms. The zero-order valence-electron chi connectivity index (χ0n) is 14.6. The van der Waals surface area contributed by atoms with E-state index in [0.29, 0.717) is 5.69 Å². The van der Waals surface area contributed by atoms with Gasteiger partial charge in [-0.1, -0.05) is 34.1 Å². The van der Waals surface area contributed by atoms with Crippen molar-refractivity contribution in [3.05, 3.63) is 64.1 Å². The van der Waals surface area contributed by atoms with E-state index in [1.807, 2.05) is 0 Å². The van der Waals surface area contributed by atoms with Crippen LogP contribution in [0, 0.1) is 0 Å². The van der Waals surface area contributed by atoms with E-state index in [9.17, 15) is 22.8 Å². The third kappa shape index (κ3) is 7.15. The molecule has 2 N–H and O–H groups in total. The first-order valence-corrected chi connectivity index (χ1v) is 9.08. The summed E-state index contributed by atoms with van der Waals surface area (Å²) < 4.78 is 39.5. The molecule has 0 atom stereocenters. The molecule has 2 rings (SSSR count). The molecule has 0 aliphatic heterocycles. The number of amides is 2. The lowest BCUT2D eigenvalue weighted by molar-refractivity contribution is -0.137. The summed E-state index contributed by atoms with van der Waals surface area (Å²) in [5.74, 6) is -0.727. The van der Waals surface area contributed by atoms with Gasteiger partial charge in [0, 0.05) is 28.6 Å². The van der Waals surface area contributed by atoms with E-state index in [-0.39, 0.29) is 30.7 Å². The molecule has 0 saturated carbocycles. The lowest BCUT2D eigenvalue weighted by Gasteiger charge is -2.09. The predicted molar refractivity (Wildman–Crippen MR) is 104 cm³/mol. The van der Waals surface area contributed by atoms with Crippen LogP contribution in [0.25, 0.3) is 0 Å². The summed E-state index contributed by atoms with van der Waals surface area (Å²) in [6, 6.07) is 12.0. The second kappa shape index (κ2) is 10.0. The van der Waals surface area contributed by atoms with Crippen LogP contribution in [0.2, 0.25) is 0 Å². The third-order valence-electron chi connectivity index (χ3n) is 3.59. The molecule has 2 amide bonds. The number of anilines is 1. The van der Waals surface area contributed by atoms with Gasteiger partial charge in [-0.2, -0.15) is 18.3 Å². The molecule has 148 valence electrons. The van der Waals surface area contributed by atoms with Gasteiger partial charge in [0.1, 0.15) is 0 Å². The molecule has 9 heteroatoms. The van der Waals surface area contributed by atoms with Crippen LogP contribution in [0.4, 0.5) is 18.9 Å². The number of carbonyl (C=O) groups excluding carboxylic acids is 2. The SMILES string of the molecule is O=C(CCCC(=O)Nc1ccc(Br)cc1)NN=Cc1ccccc1C(F)(F)F. The summed E-state index contributed by atoms with van der Waals surface area (Å²) >= 11 is 3.29. The monoisotopic (exact) mass is 455 g/mol. The van der Waals surface area contributed by atoms with Crippen LogP contribution in [0.15, 0.2) is 58.1 Å². The number of alkyl halides is 3. The Kier molecular flexibility index (Phi) is 7.74. The summed E-state index contributed by atoms with van der Waals surface area (Å²) in [6.45, 7) is 0. The first-order valence-electron chi connectivity index (χ1n) is 8.29. The largest absolute Gasteiger partial charge is 0.417 e. The quantitative estimate of drug-likeness (QED) is 0.468. The molecule has 0 aliphatic rings. The Hall–Kier alpha value is -2.68. The minimum atomic E-state index is -4.51. The Morgan fingerprint density at radius 1 is 1.00 bits per heavy atom. The van der Waals surface area contributed by atoms with Gasteiger partial charge in [0.15, 0.2) is 0 Å². The van der Waals surface area contributed by atoms with Gasteiger partial charge in [-0.3, -0.25) is 9.59 Å². The lowest BCUT2D eigenvalue weighted by Crippen LogP contribution is -2.19. The fraction of sp³-hybridized carbons (Fsp3) is 0.211. The number of benzene rings is 2. The number of halogens is 4. The van der Waals surface area contributed by atoms with Gasteiger partial charge in [-0.25, -0.2) is 5.43 Å². The van der Waals surface area contributed by atoms with Crippen molar-refractivity contribution >= 4 is 39.6 Å². The standard InChI is InChI=1S/C19H17BrF3N3O2/c20-14-8-10-15(11-9-14)25-17(27)6-3-7-18(28)26-24-12-13-4-1-2-5-16(13)19(21,22)23/h1-2,4-5,8-12H,3,6-7H2,(H,25,27)(H,26,28). The van der Waals surface area contributed by atoms with E-state index in [4.69, 9.17) is 0 Å². The number of hydrazone groups is 1. The van der Waals surface area contributed by atoms with Gasteiger partial charge < -0.3 is 5.32 Å². The first-order chi connectivity index (χ1) is 13.3. The van der Waals surface area contributed by atoms with Crippen LogP contribution < -0.4 is 10.7 Å². The molecule has 0 radical (unpaired) electrons. The molecule has 0 fully saturated rings. The average Bonchev–Trinajstić information content (AvgIpc) is 2.63. The minimum Gasteiger partial charge on any atom is -0.326 e. The number of nitrogens with one attached hydrogen (secondary N) is 2. The van der Waals surface area contributed by atoms with E-state index in [1.54, 1.807) is 24.3 Å². The summed E-state index contributed by atoms with van der Waals surface area (Å²) in [5.41, 5.74) is 1.83. The van der Waals surface area contributed by atoms with E-state index >= 15 is 0 Å². The van der Waals surface area contributed by atoms with Gasteiger partial charge in [0.2, 0.25) is 11.8 Å². The molecular weight excluding hydrogens is 439 g/mol. The second-order valence-electron chi connectivity index (χ2n) is 5.79. The molecule has 5 nitrogen and oxygen atoms in total. The first kappa shape index (κ1) is 21.6. The van der Waals surface area contributed by atoms with Crippen molar-refractivity contribution in [3.63, 3.8) is 0 Å². The smallest absolute Gasteiger partial charge is 0.326 e. The van der Waals surface area contributed by atoms with Gasteiger partial charge in [0.05, 0.1) is 11.8 Å². The van der Waals surface area contributed by atoms with Crippen molar-refractivity contribution in [3.8, 4) is 0 Å². The minimum absolute atomic E-state index is 0.0199. The van der Waals surface area contributed by atoms with Crippen molar-refractivity contribution in [2.75, 3.05) is 5.32 Å². The molecule has 0 aromatic heterocycles. The van der Waals surface area contributed by atoms with Crippen LogP contribution in [0.3, 0.4) is 0 Å². The highest BCUT2D eigenvalue weighted by Crippen LogP contribution is 2.31. The number of carbonyl (C=O) groups is 2. The van der Waals surface area contributed by atoms with E-state index in [2.05, 4.69) is 31.8 Å². The molecule has 0 unspecified atom stereocenters. The van der Waals surface area contributed by atoms with Gasteiger partial charge in [0.25, 0.3) is 0 Å². The van der Waals surface area contributed by atoms with Crippen molar-refractivity contribution in [2.45, 2.75) is 25.4 Å². The van der Waals surface area contributed by atoms with E-state index in [1.165, 1.54) is 18.2 Å². The fourth-order valence-corrected chi connectivity index (χ4v) is 2.53. The third-order valence-corrected chi connectivity index (χ3v) is 4.12. The highest BCUT2D eigenvalue weighted by Gasteiger charge is 2.32. The van der Waals surface area contributed by atoms with Crippen LogP contribution in [-0.2, 0) is 15.8 Å². The fourth-order valence-electron chi connectivity index (χ4n) is 2.26. The van der Waals surface area contributed by atoms with Crippen molar-refractivity contribution < 1.29 is 22.8 Å². The van der Waals surface area contributed by atoms with Crippen molar-refractivity contribution in [2.24, 2.45) is 5.10 Å². The molecular formula is C19H17BrF3N3O2. The maximum Gasteiger partial charge on any atom is 0.417 e. The molecule has 0 aliphatic carbocycles. The van der Waals surface area contributed by atoms with Crippen LogP contribution >= 0.6 is 15.9 Å². The molecule has 0 saturated heterocycles. The Morgan fingerprint density at radius 2 is 1.64 bits per heavy atom. The molecule has 0 bridgehead atoms. The Morgan fingerprint density at radius 3 is 2.32 bits per heavy atom. The maximum atomic E-state index is 12.9. The topological polar surface area (TPSA) is 70.6 Å². The highest BCUT2D eigenvalue weighted by molar-refractivity contribution is 9.10. The van der Waals surface area contributed by atoms with Crippen LogP contribution in [-0.4, -0.2) is 18.0 Å². The molecule has 2 aromatic rings. The number of hydrogen-bond donors (Lipinski definition) is 2. The van der Waals surface area contributed by atoms with Crippen LogP contribution in [0.5, 0.6) is 0 Å². The molecule has 0 heterocycles. The van der Waals surface area contributed by atoms with E-state index in [0.717, 1.165) is 16.8 Å². The summed E-state index contributed by atoms with van der Waals surface area (Å²) in [4.78, 5) is 23.5. The summed E-state index contributed by atoms with van der Waals surface area (Å²) in [6.07, 6.45) is -3.13. The Labute approximate surface area is 168 Å². The summed E-state index contributed by atoms with van der Waals surface area (Å²) in [7, 11) is 0. The number of rotatable bonds is 7. The zero-order valence-corrected chi connectivity index (χ0v) is 16.2. The number of nitrogens with zero attached hydrogens (tertiary/aromatic N) is 1. The van der Waals surface area contributed by atoms with Crippen molar-refractivity contribution in [1.29, 1.82) is 0 Å². The Balaban J connectivity index is 1.75. The average molecular weight is 456 g/mol. The van der Waals surface area contributed by atoms with Gasteiger partial charge in [-0.05, 0) is 36.8 Å². The maximum absolute atomic E-state index is 12.9. The molecule has 28 heavy (non-hydrogen) atoms. The lowest BCUT2D eigenvalue weighted by atomic mass is 10.1. The Bertz CT molecular complexity index is 852. The van der Waals surface area contributed by atoms with Gasteiger partial charge >= 0.3 is 6.18 Å². The summed E-state index contributed by atoms with van der Waals surface area (Å²) in [5, 5.41) is 6.26. The zero-order chi connectivity index (χ0) is 20.6. The van der Waals surface area contributed by atoms with Gasteiger partial charge in [-0.15, -0.1) is 0 Å². The predicted octanol–water partition coefficient (Wildman–Crippen LogP) is 4.73. The highest BCUT2D eigenvalue weighted by atomic mass is 79.9.